The van der Waals surface area contributed by atoms with E-state index in [4.69, 9.17) is 16.3 Å². The van der Waals surface area contributed by atoms with E-state index in [-0.39, 0.29) is 5.91 Å². The molecule has 0 saturated heterocycles. The van der Waals surface area contributed by atoms with Crippen molar-refractivity contribution in [3.05, 3.63) is 59.1 Å². The van der Waals surface area contributed by atoms with E-state index in [2.05, 4.69) is 15.2 Å². The second-order valence-corrected chi connectivity index (χ2v) is 7.46. The van der Waals surface area contributed by atoms with Gasteiger partial charge in [0.05, 0.1) is 12.7 Å². The van der Waals surface area contributed by atoms with Gasteiger partial charge in [0, 0.05) is 19.1 Å². The van der Waals surface area contributed by atoms with Gasteiger partial charge in [-0.15, -0.1) is 5.10 Å². The van der Waals surface area contributed by atoms with Crippen molar-refractivity contribution < 1.29 is 9.53 Å². The molecular weight excluding hydrogens is 384 g/mol. The van der Waals surface area contributed by atoms with E-state index in [1.807, 2.05) is 30.3 Å². The van der Waals surface area contributed by atoms with Crippen molar-refractivity contribution in [2.45, 2.75) is 10.4 Å². The SMILES string of the molecule is COc1ccc(Cl)cc1-c1nc(S[C@@H](C(=O)N(C)C)c2ccccc2)n[nH]1. The first kappa shape index (κ1) is 19.3. The average Bonchev–Trinajstić information content (AvgIpc) is 3.14. The highest BCUT2D eigenvalue weighted by Gasteiger charge is 2.25. The molecule has 1 heterocycles. The summed E-state index contributed by atoms with van der Waals surface area (Å²) in [5.41, 5.74) is 1.60. The summed E-state index contributed by atoms with van der Waals surface area (Å²) in [5.74, 6) is 1.13. The molecule has 0 saturated carbocycles. The molecule has 0 aliphatic rings. The van der Waals surface area contributed by atoms with Crippen molar-refractivity contribution in [2.24, 2.45) is 0 Å². The van der Waals surface area contributed by atoms with Crippen LogP contribution in [-0.4, -0.2) is 47.2 Å². The van der Waals surface area contributed by atoms with Crippen LogP contribution in [-0.2, 0) is 4.79 Å². The number of hydrogen-bond donors (Lipinski definition) is 1. The summed E-state index contributed by atoms with van der Waals surface area (Å²) in [6, 6.07) is 14.9. The number of likely N-dealkylation sites (N-methyl/N-ethyl adjacent to an activating group) is 1. The van der Waals surface area contributed by atoms with E-state index in [1.54, 1.807) is 44.3 Å². The van der Waals surface area contributed by atoms with Gasteiger partial charge in [0.25, 0.3) is 0 Å². The van der Waals surface area contributed by atoms with E-state index in [1.165, 1.54) is 11.8 Å². The second-order valence-electron chi connectivity index (χ2n) is 5.95. The maximum Gasteiger partial charge on any atom is 0.240 e. The van der Waals surface area contributed by atoms with Crippen LogP contribution in [0.15, 0.2) is 53.7 Å². The number of benzene rings is 2. The number of halogens is 1. The largest absolute Gasteiger partial charge is 0.496 e. The molecule has 8 heteroatoms. The molecule has 27 heavy (non-hydrogen) atoms. The van der Waals surface area contributed by atoms with Gasteiger partial charge in [-0.2, -0.15) is 0 Å². The molecule has 0 spiro atoms. The van der Waals surface area contributed by atoms with Gasteiger partial charge in [-0.1, -0.05) is 53.7 Å². The fourth-order valence-electron chi connectivity index (χ4n) is 2.51. The Bertz CT molecular complexity index is 930. The minimum atomic E-state index is -0.439. The van der Waals surface area contributed by atoms with Crippen molar-refractivity contribution in [2.75, 3.05) is 21.2 Å². The maximum atomic E-state index is 12.7. The minimum Gasteiger partial charge on any atom is -0.496 e. The van der Waals surface area contributed by atoms with E-state index in [9.17, 15) is 4.79 Å². The zero-order valence-electron chi connectivity index (χ0n) is 15.1. The lowest BCUT2D eigenvalue weighted by atomic mass is 10.1. The van der Waals surface area contributed by atoms with Gasteiger partial charge >= 0.3 is 0 Å². The number of amides is 1. The average molecular weight is 403 g/mol. The van der Waals surface area contributed by atoms with Crippen LogP contribution in [0.5, 0.6) is 5.75 Å². The lowest BCUT2D eigenvalue weighted by molar-refractivity contribution is -0.128. The van der Waals surface area contributed by atoms with Crippen molar-refractivity contribution >= 4 is 29.3 Å². The molecule has 1 amide bonds. The zero-order valence-corrected chi connectivity index (χ0v) is 16.7. The highest BCUT2D eigenvalue weighted by Crippen LogP contribution is 2.36. The molecule has 1 N–H and O–H groups in total. The number of thioether (sulfide) groups is 1. The smallest absolute Gasteiger partial charge is 0.240 e. The van der Waals surface area contributed by atoms with Crippen LogP contribution in [0.4, 0.5) is 0 Å². The number of H-pyrrole nitrogens is 1. The van der Waals surface area contributed by atoms with E-state index in [0.717, 1.165) is 5.56 Å². The maximum absolute atomic E-state index is 12.7. The van der Waals surface area contributed by atoms with Gasteiger partial charge in [0.15, 0.2) is 5.82 Å². The summed E-state index contributed by atoms with van der Waals surface area (Å²) >= 11 is 7.39. The molecule has 6 nitrogen and oxygen atoms in total. The quantitative estimate of drug-likeness (QED) is 0.629. The highest BCUT2D eigenvalue weighted by atomic mass is 35.5. The Kier molecular flexibility index (Phi) is 6.03. The monoisotopic (exact) mass is 402 g/mol. The van der Waals surface area contributed by atoms with E-state index >= 15 is 0 Å². The molecule has 140 valence electrons. The van der Waals surface area contributed by atoms with Crippen LogP contribution in [0, 0.1) is 0 Å². The van der Waals surface area contributed by atoms with Crippen molar-refractivity contribution in [3.8, 4) is 17.1 Å². The molecule has 0 bridgehead atoms. The third-order valence-corrected chi connectivity index (χ3v) is 5.21. The molecule has 1 atom stereocenters. The summed E-state index contributed by atoms with van der Waals surface area (Å²) in [6.07, 6.45) is 0. The third kappa shape index (κ3) is 4.43. The van der Waals surface area contributed by atoms with Crippen molar-refractivity contribution in [1.29, 1.82) is 0 Å². The molecule has 3 aromatic rings. The topological polar surface area (TPSA) is 71.1 Å². The van der Waals surface area contributed by atoms with Crippen LogP contribution < -0.4 is 4.74 Å². The number of carbonyl (C=O) groups excluding carboxylic acids is 1. The minimum absolute atomic E-state index is 0.0297. The number of hydrogen-bond acceptors (Lipinski definition) is 5. The Labute approximate surface area is 166 Å². The molecule has 0 aliphatic heterocycles. The van der Waals surface area contributed by atoms with Crippen molar-refractivity contribution in [3.63, 3.8) is 0 Å². The number of nitrogens with zero attached hydrogens (tertiary/aromatic N) is 3. The van der Waals surface area contributed by atoms with Gasteiger partial charge in [-0.05, 0) is 23.8 Å². The number of methoxy groups -OCH3 is 1. The number of carbonyl (C=O) groups is 1. The normalized spacial score (nSPS) is 11.9. The Morgan fingerprint density at radius 1 is 1.22 bits per heavy atom. The number of ether oxygens (including phenoxy) is 1. The Morgan fingerprint density at radius 3 is 2.63 bits per heavy atom. The lowest BCUT2D eigenvalue weighted by Crippen LogP contribution is -2.26. The van der Waals surface area contributed by atoms with Gasteiger partial charge in [0.2, 0.25) is 11.1 Å². The summed E-state index contributed by atoms with van der Waals surface area (Å²) in [5, 5.41) is 7.77. The predicted molar refractivity (Wildman–Crippen MR) is 107 cm³/mol. The highest BCUT2D eigenvalue weighted by molar-refractivity contribution is 8.00. The zero-order chi connectivity index (χ0) is 19.4. The van der Waals surface area contributed by atoms with Crippen LogP contribution in [0.25, 0.3) is 11.4 Å². The first-order chi connectivity index (χ1) is 13.0. The fraction of sp³-hybridized carbons (Fsp3) is 0.211. The lowest BCUT2D eigenvalue weighted by Gasteiger charge is -2.19. The van der Waals surface area contributed by atoms with Crippen molar-refractivity contribution in [1.82, 2.24) is 20.1 Å². The van der Waals surface area contributed by atoms with Crippen LogP contribution in [0.2, 0.25) is 5.02 Å². The molecule has 2 aromatic carbocycles. The number of nitrogens with one attached hydrogen (secondary N) is 1. The summed E-state index contributed by atoms with van der Waals surface area (Å²) in [6.45, 7) is 0. The Hall–Kier alpha value is -2.51. The molecule has 0 aliphatic carbocycles. The van der Waals surface area contributed by atoms with Gasteiger partial charge in [-0.3, -0.25) is 9.89 Å². The molecule has 0 fully saturated rings. The number of rotatable bonds is 6. The standard InChI is InChI=1S/C19H19ClN4O2S/c1-24(2)18(25)16(12-7-5-4-6-8-12)27-19-21-17(22-23-19)14-11-13(20)9-10-15(14)26-3/h4-11,16H,1-3H3,(H,21,22,23)/t16-/m1/s1. The van der Waals surface area contributed by atoms with Gasteiger partial charge in [0.1, 0.15) is 11.0 Å². The van der Waals surface area contributed by atoms with Gasteiger partial charge < -0.3 is 9.64 Å². The molecule has 1 aromatic heterocycles. The molecule has 3 rings (SSSR count). The van der Waals surface area contributed by atoms with Crippen LogP contribution in [0.3, 0.4) is 0 Å². The Morgan fingerprint density at radius 2 is 1.96 bits per heavy atom. The number of aromatic nitrogens is 3. The predicted octanol–water partition coefficient (Wildman–Crippen LogP) is 4.06. The van der Waals surface area contributed by atoms with Crippen LogP contribution >= 0.6 is 23.4 Å². The summed E-state index contributed by atoms with van der Waals surface area (Å²) < 4.78 is 5.37. The molecule has 0 radical (unpaired) electrons. The fourth-order valence-corrected chi connectivity index (χ4v) is 3.74. The second kappa shape index (κ2) is 8.45. The number of aromatic amines is 1. The third-order valence-electron chi connectivity index (χ3n) is 3.87. The summed E-state index contributed by atoms with van der Waals surface area (Å²) in [4.78, 5) is 18.8. The molecule has 0 unspecified atom stereocenters. The Balaban J connectivity index is 1.91. The van der Waals surface area contributed by atoms with E-state index < -0.39 is 5.25 Å². The van der Waals surface area contributed by atoms with E-state index in [0.29, 0.717) is 27.3 Å². The van der Waals surface area contributed by atoms with Gasteiger partial charge in [-0.25, -0.2) is 4.98 Å². The summed E-state index contributed by atoms with van der Waals surface area (Å²) in [7, 11) is 5.05. The first-order valence-electron chi connectivity index (χ1n) is 8.18. The van der Waals surface area contributed by atoms with Crippen LogP contribution in [0.1, 0.15) is 10.8 Å². The molecular formula is C19H19ClN4O2S. The first-order valence-corrected chi connectivity index (χ1v) is 9.44.